The Hall–Kier alpha value is -2.20. The topological polar surface area (TPSA) is 50.9 Å². The SMILES string of the molecule is CC(C)n1cncc1C(O)c1cccc2cnccc12. The molecule has 20 heavy (non-hydrogen) atoms. The first-order valence-corrected chi connectivity index (χ1v) is 6.71. The van der Waals surface area contributed by atoms with Crippen molar-refractivity contribution in [1.82, 2.24) is 14.5 Å². The number of hydrogen-bond acceptors (Lipinski definition) is 3. The van der Waals surface area contributed by atoms with E-state index in [0.29, 0.717) is 0 Å². The Kier molecular flexibility index (Phi) is 3.24. The van der Waals surface area contributed by atoms with Crippen molar-refractivity contribution in [3.8, 4) is 0 Å². The molecular formula is C16H17N3O. The monoisotopic (exact) mass is 267 g/mol. The van der Waals surface area contributed by atoms with Crippen LogP contribution >= 0.6 is 0 Å². The van der Waals surface area contributed by atoms with Gasteiger partial charge in [0.15, 0.2) is 0 Å². The van der Waals surface area contributed by atoms with Crippen LogP contribution in [0.3, 0.4) is 0 Å². The number of fused-ring (bicyclic) bond motifs is 1. The van der Waals surface area contributed by atoms with E-state index < -0.39 is 6.10 Å². The number of aliphatic hydroxyl groups is 1. The minimum atomic E-state index is -0.689. The van der Waals surface area contributed by atoms with Gasteiger partial charge in [0, 0.05) is 23.8 Å². The Labute approximate surface area is 117 Å². The molecule has 0 aliphatic rings. The van der Waals surface area contributed by atoms with E-state index in [1.54, 1.807) is 18.7 Å². The number of imidazole rings is 1. The predicted octanol–water partition coefficient (Wildman–Crippen LogP) is 3.09. The number of hydrogen-bond donors (Lipinski definition) is 1. The van der Waals surface area contributed by atoms with Gasteiger partial charge in [-0.25, -0.2) is 4.98 Å². The Morgan fingerprint density at radius 1 is 1.10 bits per heavy atom. The van der Waals surface area contributed by atoms with Crippen molar-refractivity contribution in [2.24, 2.45) is 0 Å². The summed E-state index contributed by atoms with van der Waals surface area (Å²) in [5.41, 5.74) is 1.69. The third-order valence-corrected chi connectivity index (χ3v) is 3.54. The molecule has 1 atom stereocenters. The van der Waals surface area contributed by atoms with Gasteiger partial charge in [-0.1, -0.05) is 18.2 Å². The highest BCUT2D eigenvalue weighted by Gasteiger charge is 2.18. The highest BCUT2D eigenvalue weighted by molar-refractivity contribution is 5.85. The number of benzene rings is 1. The summed E-state index contributed by atoms with van der Waals surface area (Å²) in [6.45, 7) is 4.15. The first-order chi connectivity index (χ1) is 9.68. The Balaban J connectivity index is 2.13. The lowest BCUT2D eigenvalue weighted by Gasteiger charge is -2.18. The van der Waals surface area contributed by atoms with Crippen LogP contribution in [0.5, 0.6) is 0 Å². The minimum Gasteiger partial charge on any atom is -0.382 e. The molecule has 0 amide bonds. The van der Waals surface area contributed by atoms with E-state index in [9.17, 15) is 5.11 Å². The van der Waals surface area contributed by atoms with Crippen LogP contribution < -0.4 is 0 Å². The zero-order chi connectivity index (χ0) is 14.1. The van der Waals surface area contributed by atoms with Gasteiger partial charge in [-0.05, 0) is 30.9 Å². The molecule has 0 saturated carbocycles. The van der Waals surface area contributed by atoms with E-state index in [0.717, 1.165) is 22.0 Å². The molecular weight excluding hydrogens is 250 g/mol. The van der Waals surface area contributed by atoms with E-state index in [2.05, 4.69) is 23.8 Å². The van der Waals surface area contributed by atoms with E-state index in [1.165, 1.54) is 0 Å². The summed E-state index contributed by atoms with van der Waals surface area (Å²) < 4.78 is 1.99. The average Bonchev–Trinajstić information content (AvgIpc) is 2.95. The Bertz CT molecular complexity index is 728. The lowest BCUT2D eigenvalue weighted by Crippen LogP contribution is -2.10. The maximum Gasteiger partial charge on any atom is 0.121 e. The zero-order valence-corrected chi connectivity index (χ0v) is 11.6. The summed E-state index contributed by atoms with van der Waals surface area (Å²) in [4.78, 5) is 8.28. The van der Waals surface area contributed by atoms with Crippen LogP contribution in [0.1, 0.15) is 37.3 Å². The van der Waals surface area contributed by atoms with Crippen LogP contribution in [0.2, 0.25) is 0 Å². The van der Waals surface area contributed by atoms with Crippen molar-refractivity contribution in [3.63, 3.8) is 0 Å². The molecule has 0 aliphatic carbocycles. The second-order valence-corrected chi connectivity index (χ2v) is 5.17. The van der Waals surface area contributed by atoms with Crippen molar-refractivity contribution in [1.29, 1.82) is 0 Å². The molecule has 0 aliphatic heterocycles. The number of nitrogens with zero attached hydrogens (tertiary/aromatic N) is 3. The van der Waals surface area contributed by atoms with Crippen LogP contribution in [0.15, 0.2) is 49.2 Å². The first kappa shape index (κ1) is 12.8. The number of aliphatic hydroxyl groups excluding tert-OH is 1. The minimum absolute atomic E-state index is 0.263. The van der Waals surface area contributed by atoms with E-state index >= 15 is 0 Å². The number of aromatic nitrogens is 3. The fourth-order valence-corrected chi connectivity index (χ4v) is 2.50. The molecule has 2 aromatic heterocycles. The lowest BCUT2D eigenvalue weighted by atomic mass is 10.00. The molecule has 1 N–H and O–H groups in total. The number of pyridine rings is 1. The summed E-state index contributed by atoms with van der Waals surface area (Å²) in [6.07, 6.45) is 6.36. The van der Waals surface area contributed by atoms with Gasteiger partial charge in [-0.2, -0.15) is 0 Å². The molecule has 0 radical (unpaired) electrons. The molecule has 2 heterocycles. The van der Waals surface area contributed by atoms with Gasteiger partial charge in [0.05, 0.1) is 18.2 Å². The third kappa shape index (κ3) is 2.08. The Morgan fingerprint density at radius 2 is 1.95 bits per heavy atom. The van der Waals surface area contributed by atoms with Gasteiger partial charge >= 0.3 is 0 Å². The molecule has 0 bridgehead atoms. The standard InChI is InChI=1S/C16H17N3O/c1-11(2)19-10-18-9-15(19)16(20)14-5-3-4-12-8-17-7-6-13(12)14/h3-11,16,20H,1-2H3. The van der Waals surface area contributed by atoms with Gasteiger partial charge in [0.1, 0.15) is 6.10 Å². The van der Waals surface area contributed by atoms with Gasteiger partial charge in [-0.15, -0.1) is 0 Å². The van der Waals surface area contributed by atoms with E-state index in [4.69, 9.17) is 0 Å². The molecule has 0 spiro atoms. The first-order valence-electron chi connectivity index (χ1n) is 6.71. The van der Waals surface area contributed by atoms with Crippen LogP contribution in [0.4, 0.5) is 0 Å². The van der Waals surface area contributed by atoms with Gasteiger partial charge in [0.25, 0.3) is 0 Å². The molecule has 0 saturated heterocycles. The molecule has 1 unspecified atom stereocenters. The fraction of sp³-hybridized carbons (Fsp3) is 0.250. The van der Waals surface area contributed by atoms with Crippen molar-refractivity contribution in [3.05, 3.63) is 60.4 Å². The second-order valence-electron chi connectivity index (χ2n) is 5.17. The van der Waals surface area contributed by atoms with Gasteiger partial charge in [0.2, 0.25) is 0 Å². The van der Waals surface area contributed by atoms with Crippen LogP contribution in [0, 0.1) is 0 Å². The fourth-order valence-electron chi connectivity index (χ4n) is 2.50. The maximum atomic E-state index is 10.7. The van der Waals surface area contributed by atoms with Crippen LogP contribution in [-0.4, -0.2) is 19.6 Å². The summed E-state index contributed by atoms with van der Waals surface area (Å²) in [5.74, 6) is 0. The van der Waals surface area contributed by atoms with E-state index in [1.807, 2.05) is 35.0 Å². The van der Waals surface area contributed by atoms with Crippen molar-refractivity contribution in [2.45, 2.75) is 26.0 Å². The lowest BCUT2D eigenvalue weighted by molar-refractivity contribution is 0.209. The second kappa shape index (κ2) is 5.06. The quantitative estimate of drug-likeness (QED) is 0.793. The molecule has 0 fully saturated rings. The number of rotatable bonds is 3. The zero-order valence-electron chi connectivity index (χ0n) is 11.6. The van der Waals surface area contributed by atoms with Crippen LogP contribution in [0.25, 0.3) is 10.8 Å². The molecule has 1 aromatic carbocycles. The van der Waals surface area contributed by atoms with Gasteiger partial charge in [-0.3, -0.25) is 4.98 Å². The van der Waals surface area contributed by atoms with Crippen molar-refractivity contribution in [2.75, 3.05) is 0 Å². The summed E-state index contributed by atoms with van der Waals surface area (Å²) in [7, 11) is 0. The third-order valence-electron chi connectivity index (χ3n) is 3.54. The molecule has 4 heteroatoms. The normalized spacial score (nSPS) is 13.0. The van der Waals surface area contributed by atoms with Crippen molar-refractivity contribution < 1.29 is 5.11 Å². The van der Waals surface area contributed by atoms with Crippen molar-refractivity contribution >= 4 is 10.8 Å². The molecule has 3 aromatic rings. The molecule has 102 valence electrons. The summed E-state index contributed by atoms with van der Waals surface area (Å²) in [5, 5.41) is 12.8. The molecule has 4 nitrogen and oxygen atoms in total. The molecule has 3 rings (SSSR count). The summed E-state index contributed by atoms with van der Waals surface area (Å²) in [6, 6.07) is 8.09. The highest BCUT2D eigenvalue weighted by atomic mass is 16.3. The maximum absolute atomic E-state index is 10.7. The average molecular weight is 267 g/mol. The van der Waals surface area contributed by atoms with E-state index in [-0.39, 0.29) is 6.04 Å². The van der Waals surface area contributed by atoms with Crippen LogP contribution in [-0.2, 0) is 0 Å². The predicted molar refractivity (Wildman–Crippen MR) is 78.4 cm³/mol. The largest absolute Gasteiger partial charge is 0.382 e. The highest BCUT2D eigenvalue weighted by Crippen LogP contribution is 2.29. The smallest absolute Gasteiger partial charge is 0.121 e. The Morgan fingerprint density at radius 3 is 2.75 bits per heavy atom. The van der Waals surface area contributed by atoms with Gasteiger partial charge < -0.3 is 9.67 Å². The summed E-state index contributed by atoms with van der Waals surface area (Å²) >= 11 is 0.